The molecule has 1 fully saturated rings. The third-order valence-corrected chi connectivity index (χ3v) is 4.41. The van der Waals surface area contributed by atoms with Crippen LogP contribution in [0.4, 0.5) is 0 Å². The van der Waals surface area contributed by atoms with Crippen LogP contribution in [0, 0.1) is 6.92 Å². The van der Waals surface area contributed by atoms with Crippen molar-refractivity contribution in [1.29, 1.82) is 0 Å². The number of hydrogen-bond donors (Lipinski definition) is 1. The summed E-state index contributed by atoms with van der Waals surface area (Å²) >= 11 is 0. The van der Waals surface area contributed by atoms with Gasteiger partial charge in [0, 0.05) is 30.6 Å². The summed E-state index contributed by atoms with van der Waals surface area (Å²) in [5.41, 5.74) is 4.80. The monoisotopic (exact) mass is 332 g/mol. The Morgan fingerprint density at radius 3 is 2.72 bits per heavy atom. The number of aromatic nitrogens is 3. The molecule has 5 nitrogen and oxygen atoms in total. The highest BCUT2D eigenvalue weighted by molar-refractivity contribution is 5.92. The predicted octanol–water partition coefficient (Wildman–Crippen LogP) is 3.38. The third kappa shape index (κ3) is 3.45. The highest BCUT2D eigenvalue weighted by Crippen LogP contribution is 2.41. The Balaban J connectivity index is 1.58. The highest BCUT2D eigenvalue weighted by atomic mass is 16.1. The molecule has 5 heteroatoms. The summed E-state index contributed by atoms with van der Waals surface area (Å²) in [6, 6.07) is 13.9. The number of nitrogens with zero attached hydrogens (tertiary/aromatic N) is 3. The first-order chi connectivity index (χ1) is 12.2. The summed E-state index contributed by atoms with van der Waals surface area (Å²) in [7, 11) is 0. The number of pyridine rings is 1. The minimum absolute atomic E-state index is 0.148. The van der Waals surface area contributed by atoms with Gasteiger partial charge in [-0.3, -0.25) is 9.78 Å². The van der Waals surface area contributed by atoms with E-state index in [1.54, 1.807) is 12.4 Å². The van der Waals surface area contributed by atoms with Crippen molar-refractivity contribution in [1.82, 2.24) is 20.1 Å². The second-order valence-corrected chi connectivity index (χ2v) is 6.52. The van der Waals surface area contributed by atoms with Crippen LogP contribution in [0.5, 0.6) is 0 Å². The first-order valence-electron chi connectivity index (χ1n) is 8.55. The molecule has 0 radical (unpaired) electrons. The largest absolute Gasteiger partial charge is 0.347 e. The quantitative estimate of drug-likeness (QED) is 0.779. The fourth-order valence-corrected chi connectivity index (χ4v) is 2.92. The van der Waals surface area contributed by atoms with Gasteiger partial charge in [-0.1, -0.05) is 12.1 Å². The van der Waals surface area contributed by atoms with E-state index in [0.29, 0.717) is 18.2 Å². The lowest BCUT2D eigenvalue weighted by atomic mass is 10.2. The molecule has 1 N–H and O–H groups in total. The molecule has 2 heterocycles. The first-order valence-corrected chi connectivity index (χ1v) is 8.55. The van der Waals surface area contributed by atoms with E-state index in [9.17, 15) is 4.79 Å². The Hall–Kier alpha value is -2.95. The number of benzene rings is 1. The molecule has 1 saturated carbocycles. The molecular formula is C20H20N4O. The standard InChI is InChI=1S/C20H20N4O/c1-14-3-2-4-17(11-14)24-19(16-5-6-16)12-18(23-24)20(25)22-13-15-7-9-21-10-8-15/h2-4,7-12,16H,5-6,13H2,1H3,(H,22,25). The predicted molar refractivity (Wildman–Crippen MR) is 95.7 cm³/mol. The third-order valence-electron chi connectivity index (χ3n) is 4.41. The van der Waals surface area contributed by atoms with Crippen LogP contribution in [0.15, 0.2) is 54.9 Å². The van der Waals surface area contributed by atoms with E-state index in [4.69, 9.17) is 0 Å². The van der Waals surface area contributed by atoms with E-state index < -0.39 is 0 Å². The van der Waals surface area contributed by atoms with E-state index in [-0.39, 0.29) is 5.91 Å². The number of aryl methyl sites for hydroxylation is 1. The summed E-state index contributed by atoms with van der Waals surface area (Å²) in [6.45, 7) is 2.53. The molecule has 1 amide bonds. The zero-order chi connectivity index (χ0) is 17.2. The fraction of sp³-hybridized carbons (Fsp3) is 0.250. The average molecular weight is 332 g/mol. The van der Waals surface area contributed by atoms with Crippen LogP contribution >= 0.6 is 0 Å². The zero-order valence-electron chi connectivity index (χ0n) is 14.1. The molecule has 126 valence electrons. The van der Waals surface area contributed by atoms with Gasteiger partial charge in [0.2, 0.25) is 0 Å². The minimum Gasteiger partial charge on any atom is -0.347 e. The van der Waals surface area contributed by atoms with Crippen molar-refractivity contribution >= 4 is 5.91 Å². The van der Waals surface area contributed by atoms with Crippen LogP contribution in [0.25, 0.3) is 5.69 Å². The normalized spacial score (nSPS) is 13.6. The van der Waals surface area contributed by atoms with Gasteiger partial charge in [0.1, 0.15) is 0 Å². The Morgan fingerprint density at radius 2 is 2.00 bits per heavy atom. The maximum absolute atomic E-state index is 12.5. The summed E-state index contributed by atoms with van der Waals surface area (Å²) in [5, 5.41) is 7.52. The molecule has 0 saturated heterocycles. The lowest BCUT2D eigenvalue weighted by Crippen LogP contribution is -2.23. The summed E-state index contributed by atoms with van der Waals surface area (Å²) in [4.78, 5) is 16.5. The molecule has 2 aromatic heterocycles. The summed E-state index contributed by atoms with van der Waals surface area (Å²) < 4.78 is 1.92. The molecule has 0 spiro atoms. The topological polar surface area (TPSA) is 59.8 Å². The number of hydrogen-bond acceptors (Lipinski definition) is 3. The van der Waals surface area contributed by atoms with Gasteiger partial charge in [0.05, 0.1) is 5.69 Å². The van der Waals surface area contributed by atoms with E-state index in [0.717, 1.165) is 29.8 Å². The second-order valence-electron chi connectivity index (χ2n) is 6.52. The molecule has 1 aromatic carbocycles. The fourth-order valence-electron chi connectivity index (χ4n) is 2.92. The van der Waals surface area contributed by atoms with Gasteiger partial charge in [-0.05, 0) is 61.2 Å². The Bertz CT molecular complexity index is 897. The van der Waals surface area contributed by atoms with Crippen LogP contribution in [-0.2, 0) is 6.54 Å². The Kier molecular flexibility index (Phi) is 4.06. The number of carbonyl (C=O) groups is 1. The number of rotatable bonds is 5. The molecule has 1 aliphatic carbocycles. The maximum Gasteiger partial charge on any atom is 0.272 e. The van der Waals surface area contributed by atoms with Crippen molar-refractivity contribution in [2.45, 2.75) is 32.2 Å². The molecule has 0 unspecified atom stereocenters. The van der Waals surface area contributed by atoms with Gasteiger partial charge in [-0.25, -0.2) is 4.68 Å². The SMILES string of the molecule is Cc1cccc(-n2nc(C(=O)NCc3ccncc3)cc2C2CC2)c1. The van der Waals surface area contributed by atoms with Gasteiger partial charge < -0.3 is 5.32 Å². The van der Waals surface area contributed by atoms with E-state index in [1.165, 1.54) is 5.56 Å². The van der Waals surface area contributed by atoms with Crippen molar-refractivity contribution in [2.24, 2.45) is 0 Å². The Morgan fingerprint density at radius 1 is 1.20 bits per heavy atom. The van der Waals surface area contributed by atoms with Crippen molar-refractivity contribution < 1.29 is 4.79 Å². The van der Waals surface area contributed by atoms with Crippen molar-refractivity contribution in [3.63, 3.8) is 0 Å². The second kappa shape index (κ2) is 6.51. The van der Waals surface area contributed by atoms with E-state index in [2.05, 4.69) is 34.5 Å². The van der Waals surface area contributed by atoms with Crippen molar-refractivity contribution in [3.8, 4) is 5.69 Å². The van der Waals surface area contributed by atoms with Gasteiger partial charge in [-0.2, -0.15) is 5.10 Å². The highest BCUT2D eigenvalue weighted by Gasteiger charge is 2.29. The minimum atomic E-state index is -0.148. The molecular weight excluding hydrogens is 312 g/mol. The van der Waals surface area contributed by atoms with Gasteiger partial charge in [-0.15, -0.1) is 0 Å². The smallest absolute Gasteiger partial charge is 0.272 e. The van der Waals surface area contributed by atoms with E-state index in [1.807, 2.05) is 35.0 Å². The average Bonchev–Trinajstić information content (AvgIpc) is 3.39. The van der Waals surface area contributed by atoms with Gasteiger partial charge >= 0.3 is 0 Å². The maximum atomic E-state index is 12.5. The van der Waals surface area contributed by atoms with Crippen molar-refractivity contribution in [3.05, 3.63) is 77.4 Å². The summed E-state index contributed by atoms with van der Waals surface area (Å²) in [5.74, 6) is 0.361. The molecule has 25 heavy (non-hydrogen) atoms. The molecule has 3 aromatic rings. The Labute approximate surface area is 146 Å². The van der Waals surface area contributed by atoms with Crippen LogP contribution in [0.2, 0.25) is 0 Å². The molecule has 4 rings (SSSR count). The molecule has 1 aliphatic rings. The molecule has 0 bridgehead atoms. The lowest BCUT2D eigenvalue weighted by Gasteiger charge is -2.07. The number of nitrogens with one attached hydrogen (secondary N) is 1. The molecule has 0 atom stereocenters. The van der Waals surface area contributed by atoms with Gasteiger partial charge in [0.15, 0.2) is 5.69 Å². The van der Waals surface area contributed by atoms with Gasteiger partial charge in [0.25, 0.3) is 5.91 Å². The van der Waals surface area contributed by atoms with Crippen LogP contribution in [0.3, 0.4) is 0 Å². The van der Waals surface area contributed by atoms with Crippen LogP contribution in [-0.4, -0.2) is 20.7 Å². The lowest BCUT2D eigenvalue weighted by molar-refractivity contribution is 0.0945. The molecule has 0 aliphatic heterocycles. The first kappa shape index (κ1) is 15.6. The summed E-state index contributed by atoms with van der Waals surface area (Å²) in [6.07, 6.45) is 5.77. The number of amides is 1. The van der Waals surface area contributed by atoms with Crippen LogP contribution < -0.4 is 5.32 Å². The zero-order valence-corrected chi connectivity index (χ0v) is 14.1. The van der Waals surface area contributed by atoms with Crippen LogP contribution in [0.1, 0.15) is 46.1 Å². The number of carbonyl (C=O) groups excluding carboxylic acids is 1. The van der Waals surface area contributed by atoms with Crippen molar-refractivity contribution in [2.75, 3.05) is 0 Å². The van der Waals surface area contributed by atoms with E-state index >= 15 is 0 Å².